The Bertz CT molecular complexity index is 775. The minimum absolute atomic E-state index is 1.13. The molecule has 0 atom stereocenters. The summed E-state index contributed by atoms with van der Waals surface area (Å²) in [5, 5.41) is 0. The van der Waals surface area contributed by atoms with Crippen molar-refractivity contribution in [1.29, 1.82) is 0 Å². The van der Waals surface area contributed by atoms with Gasteiger partial charge in [0.25, 0.3) is 0 Å². The second-order valence-electron chi connectivity index (χ2n) is 5.50. The zero-order valence-electron chi connectivity index (χ0n) is 13.9. The van der Waals surface area contributed by atoms with Gasteiger partial charge in [0.2, 0.25) is 0 Å². The molecule has 1 nitrogen and oxygen atoms in total. The van der Waals surface area contributed by atoms with E-state index < -0.39 is 0 Å². The molecule has 0 aliphatic heterocycles. The summed E-state index contributed by atoms with van der Waals surface area (Å²) in [6.45, 7) is 5.92. The Kier molecular flexibility index (Phi) is 4.93. The summed E-state index contributed by atoms with van der Waals surface area (Å²) in [6, 6.07) is 29.4. The normalized spacial score (nSPS) is 11.1. The van der Waals surface area contributed by atoms with E-state index in [1.807, 2.05) is 25.1 Å². The van der Waals surface area contributed by atoms with Crippen LogP contribution in [0.25, 0.3) is 5.57 Å². The maximum atomic E-state index is 3.88. The van der Waals surface area contributed by atoms with Crippen molar-refractivity contribution < 1.29 is 0 Å². The number of benzene rings is 3. The standard InChI is InChI=1S/C23H21N/c1-3-19(4-2)20-15-17-23(18-16-20)24(21-11-7-5-8-12-21)22-13-9-6-10-14-22/h3-18H,1H2,2H3/b19-4+. The van der Waals surface area contributed by atoms with Gasteiger partial charge < -0.3 is 4.90 Å². The molecular weight excluding hydrogens is 290 g/mol. The molecule has 3 rings (SSSR count). The molecule has 0 bridgehead atoms. The van der Waals surface area contributed by atoms with Crippen LogP contribution in [-0.4, -0.2) is 0 Å². The van der Waals surface area contributed by atoms with E-state index in [0.29, 0.717) is 0 Å². The first kappa shape index (κ1) is 15.8. The topological polar surface area (TPSA) is 3.24 Å². The van der Waals surface area contributed by atoms with Crippen LogP contribution in [0.2, 0.25) is 0 Å². The van der Waals surface area contributed by atoms with E-state index in [9.17, 15) is 0 Å². The zero-order valence-corrected chi connectivity index (χ0v) is 13.9. The minimum atomic E-state index is 1.13. The molecule has 0 saturated carbocycles. The summed E-state index contributed by atoms with van der Waals surface area (Å²) >= 11 is 0. The molecule has 0 N–H and O–H groups in total. The van der Waals surface area contributed by atoms with Gasteiger partial charge in [0.05, 0.1) is 0 Å². The van der Waals surface area contributed by atoms with Crippen molar-refractivity contribution in [2.75, 3.05) is 4.90 Å². The van der Waals surface area contributed by atoms with Crippen LogP contribution < -0.4 is 4.90 Å². The van der Waals surface area contributed by atoms with Gasteiger partial charge in [0.15, 0.2) is 0 Å². The Labute approximate surface area is 144 Å². The van der Waals surface area contributed by atoms with Gasteiger partial charge in [-0.25, -0.2) is 0 Å². The van der Waals surface area contributed by atoms with E-state index in [1.54, 1.807) is 0 Å². The van der Waals surface area contributed by atoms with Crippen LogP contribution >= 0.6 is 0 Å². The van der Waals surface area contributed by atoms with Gasteiger partial charge in [0, 0.05) is 17.1 Å². The number of hydrogen-bond acceptors (Lipinski definition) is 1. The Morgan fingerprint density at radius 1 is 0.708 bits per heavy atom. The maximum absolute atomic E-state index is 3.88. The first-order valence-electron chi connectivity index (χ1n) is 8.13. The molecule has 0 aliphatic rings. The molecular formula is C23H21N. The van der Waals surface area contributed by atoms with Crippen LogP contribution in [0, 0.1) is 0 Å². The van der Waals surface area contributed by atoms with Gasteiger partial charge in [-0.15, -0.1) is 0 Å². The highest BCUT2D eigenvalue weighted by Crippen LogP contribution is 2.34. The third-order valence-corrected chi connectivity index (χ3v) is 4.02. The van der Waals surface area contributed by atoms with E-state index >= 15 is 0 Å². The zero-order chi connectivity index (χ0) is 16.8. The van der Waals surface area contributed by atoms with Gasteiger partial charge >= 0.3 is 0 Å². The molecule has 0 aromatic heterocycles. The number of anilines is 3. The van der Waals surface area contributed by atoms with Crippen molar-refractivity contribution in [2.24, 2.45) is 0 Å². The lowest BCUT2D eigenvalue weighted by Crippen LogP contribution is -2.09. The third kappa shape index (κ3) is 3.31. The van der Waals surface area contributed by atoms with E-state index in [1.165, 1.54) is 5.56 Å². The van der Waals surface area contributed by atoms with Crippen molar-refractivity contribution in [1.82, 2.24) is 0 Å². The lowest BCUT2D eigenvalue weighted by atomic mass is 10.0. The average molecular weight is 311 g/mol. The molecule has 24 heavy (non-hydrogen) atoms. The number of rotatable bonds is 5. The van der Waals surface area contributed by atoms with E-state index in [4.69, 9.17) is 0 Å². The fourth-order valence-corrected chi connectivity index (χ4v) is 2.81. The van der Waals surface area contributed by atoms with E-state index in [0.717, 1.165) is 22.6 Å². The highest BCUT2D eigenvalue weighted by atomic mass is 15.1. The third-order valence-electron chi connectivity index (χ3n) is 4.02. The van der Waals surface area contributed by atoms with Crippen LogP contribution in [0.3, 0.4) is 0 Å². The smallest absolute Gasteiger partial charge is 0.0462 e. The van der Waals surface area contributed by atoms with Gasteiger partial charge in [-0.05, 0) is 54.5 Å². The van der Waals surface area contributed by atoms with Gasteiger partial charge in [-0.2, -0.15) is 0 Å². The maximum Gasteiger partial charge on any atom is 0.0462 e. The molecule has 0 unspecified atom stereocenters. The molecule has 0 spiro atoms. The van der Waals surface area contributed by atoms with Crippen LogP contribution in [0.5, 0.6) is 0 Å². The highest BCUT2D eigenvalue weighted by molar-refractivity contribution is 5.79. The largest absolute Gasteiger partial charge is 0.311 e. The predicted octanol–water partition coefficient (Wildman–Crippen LogP) is 6.75. The molecule has 0 fully saturated rings. The fraction of sp³-hybridized carbons (Fsp3) is 0.0435. The quantitative estimate of drug-likeness (QED) is 0.471. The van der Waals surface area contributed by atoms with Crippen molar-refractivity contribution in [3.63, 3.8) is 0 Å². The molecule has 3 aromatic carbocycles. The van der Waals surface area contributed by atoms with Gasteiger partial charge in [0.1, 0.15) is 0 Å². The molecule has 1 heteroatoms. The Morgan fingerprint density at radius 3 is 1.58 bits per heavy atom. The second-order valence-corrected chi connectivity index (χ2v) is 5.50. The number of para-hydroxylation sites is 2. The van der Waals surface area contributed by atoms with Gasteiger partial charge in [-0.1, -0.05) is 67.3 Å². The molecule has 0 radical (unpaired) electrons. The Hall–Kier alpha value is -3.06. The Balaban J connectivity index is 2.05. The Morgan fingerprint density at radius 2 is 1.17 bits per heavy atom. The summed E-state index contributed by atoms with van der Waals surface area (Å²) in [7, 11) is 0. The summed E-state index contributed by atoms with van der Waals surface area (Å²) in [4.78, 5) is 2.26. The number of allylic oxidation sites excluding steroid dienone is 3. The summed E-state index contributed by atoms with van der Waals surface area (Å²) < 4.78 is 0. The summed E-state index contributed by atoms with van der Waals surface area (Å²) in [5.74, 6) is 0. The van der Waals surface area contributed by atoms with Crippen molar-refractivity contribution in [2.45, 2.75) is 6.92 Å². The van der Waals surface area contributed by atoms with E-state index in [2.05, 4.69) is 90.4 Å². The summed E-state index contributed by atoms with van der Waals surface area (Å²) in [6.07, 6.45) is 3.97. The molecule has 3 aromatic rings. The van der Waals surface area contributed by atoms with Crippen LogP contribution in [0.15, 0.2) is 104 Å². The fourth-order valence-electron chi connectivity index (χ4n) is 2.81. The molecule has 0 heterocycles. The first-order valence-corrected chi connectivity index (χ1v) is 8.13. The first-order chi connectivity index (χ1) is 11.8. The second kappa shape index (κ2) is 7.47. The number of hydrogen-bond donors (Lipinski definition) is 0. The highest BCUT2D eigenvalue weighted by Gasteiger charge is 2.11. The molecule has 118 valence electrons. The molecule has 0 saturated heterocycles. The lowest BCUT2D eigenvalue weighted by molar-refractivity contribution is 1.28. The van der Waals surface area contributed by atoms with Crippen LogP contribution in [0.4, 0.5) is 17.1 Å². The number of nitrogens with zero attached hydrogens (tertiary/aromatic N) is 1. The summed E-state index contributed by atoms with van der Waals surface area (Å²) in [5.41, 5.74) is 5.75. The average Bonchev–Trinajstić information content (AvgIpc) is 2.66. The minimum Gasteiger partial charge on any atom is -0.311 e. The van der Waals surface area contributed by atoms with E-state index in [-0.39, 0.29) is 0 Å². The molecule has 0 aliphatic carbocycles. The monoisotopic (exact) mass is 311 g/mol. The SMILES string of the molecule is C=C/C(=C\C)c1ccc(N(c2ccccc2)c2ccccc2)cc1. The van der Waals surface area contributed by atoms with Crippen LogP contribution in [0.1, 0.15) is 12.5 Å². The molecule has 0 amide bonds. The van der Waals surface area contributed by atoms with Crippen molar-refractivity contribution in [3.05, 3.63) is 109 Å². The van der Waals surface area contributed by atoms with Gasteiger partial charge in [-0.3, -0.25) is 0 Å². The lowest BCUT2D eigenvalue weighted by Gasteiger charge is -2.25. The predicted molar refractivity (Wildman–Crippen MR) is 105 cm³/mol. The van der Waals surface area contributed by atoms with Crippen molar-refractivity contribution in [3.8, 4) is 0 Å². The van der Waals surface area contributed by atoms with Crippen LogP contribution in [-0.2, 0) is 0 Å². The van der Waals surface area contributed by atoms with Crippen molar-refractivity contribution >= 4 is 22.6 Å².